The van der Waals surface area contributed by atoms with Crippen molar-refractivity contribution in [3.05, 3.63) is 50.0 Å². The summed E-state index contributed by atoms with van der Waals surface area (Å²) in [5, 5.41) is 0. The first kappa shape index (κ1) is 9.92. The van der Waals surface area contributed by atoms with Gasteiger partial charge in [0, 0.05) is 18.6 Å². The molecule has 0 amide bonds. The van der Waals surface area contributed by atoms with Gasteiger partial charge in [0.1, 0.15) is 0 Å². The van der Waals surface area contributed by atoms with Crippen LogP contribution in [0.3, 0.4) is 0 Å². The molecule has 0 aliphatic carbocycles. The van der Waals surface area contributed by atoms with Crippen molar-refractivity contribution < 1.29 is 0 Å². The number of nitrogens with zero attached hydrogens (tertiary/aromatic N) is 2. The zero-order chi connectivity index (χ0) is 11.0. The number of aromatic nitrogens is 2. The molecule has 2 aromatic rings. The molecule has 4 nitrogen and oxygen atoms in total. The Kier molecular flexibility index (Phi) is 2.32. The summed E-state index contributed by atoms with van der Waals surface area (Å²) < 4.78 is 2.50. The van der Waals surface area contributed by atoms with Gasteiger partial charge in [-0.15, -0.1) is 0 Å². The first-order chi connectivity index (χ1) is 7.09. The molecule has 0 spiro atoms. The van der Waals surface area contributed by atoms with Crippen LogP contribution >= 0.6 is 11.5 Å². The smallest absolute Gasteiger partial charge is 0.255 e. The van der Waals surface area contributed by atoms with Gasteiger partial charge in [-0.1, -0.05) is 12.1 Å². The van der Waals surface area contributed by atoms with Gasteiger partial charge >= 0.3 is 10.6 Å². The Balaban J connectivity index is 2.70. The van der Waals surface area contributed by atoms with Gasteiger partial charge in [0.15, 0.2) is 0 Å². The van der Waals surface area contributed by atoms with E-state index in [1.807, 2.05) is 31.2 Å². The highest BCUT2D eigenvalue weighted by Gasteiger charge is 2.07. The van der Waals surface area contributed by atoms with Crippen LogP contribution < -0.4 is 10.6 Å². The van der Waals surface area contributed by atoms with Gasteiger partial charge in [0.05, 0.1) is 5.69 Å². The third-order valence-electron chi connectivity index (χ3n) is 2.14. The number of rotatable bonds is 1. The van der Waals surface area contributed by atoms with E-state index in [0.717, 1.165) is 27.4 Å². The first-order valence-electron chi connectivity index (χ1n) is 4.46. The van der Waals surface area contributed by atoms with Crippen molar-refractivity contribution in [1.82, 2.24) is 8.52 Å². The van der Waals surface area contributed by atoms with Crippen molar-refractivity contribution in [3.63, 3.8) is 0 Å². The van der Waals surface area contributed by atoms with Gasteiger partial charge in [-0.3, -0.25) is 9.36 Å². The Bertz CT molecular complexity index is 606. The van der Waals surface area contributed by atoms with Crippen LogP contribution in [0.2, 0.25) is 0 Å². The second kappa shape index (κ2) is 3.51. The molecule has 0 unspecified atom stereocenters. The molecule has 0 atom stereocenters. The molecule has 1 heterocycles. The van der Waals surface area contributed by atoms with Crippen LogP contribution in [0.4, 0.5) is 0 Å². The predicted molar refractivity (Wildman–Crippen MR) is 59.9 cm³/mol. The average molecular weight is 222 g/mol. The summed E-state index contributed by atoms with van der Waals surface area (Å²) in [6.45, 7) is 1.94. The standard InChI is InChI=1S/C10H10N2O2S/c1-7-4-3-5-8(6-7)12-9(13)11(2)10(14)15-12/h3-6H,1-2H3. The quantitative estimate of drug-likeness (QED) is 0.719. The summed E-state index contributed by atoms with van der Waals surface area (Å²) in [5.41, 5.74) is 1.50. The Morgan fingerprint density at radius 3 is 2.53 bits per heavy atom. The zero-order valence-electron chi connectivity index (χ0n) is 8.43. The minimum Gasteiger partial charge on any atom is -0.255 e. The normalized spacial score (nSPS) is 10.5. The van der Waals surface area contributed by atoms with E-state index in [4.69, 9.17) is 0 Å². The van der Waals surface area contributed by atoms with E-state index in [2.05, 4.69) is 0 Å². The lowest BCUT2D eigenvalue weighted by atomic mass is 10.2. The highest BCUT2D eigenvalue weighted by atomic mass is 32.1. The Hall–Kier alpha value is -1.62. The van der Waals surface area contributed by atoms with E-state index < -0.39 is 0 Å². The van der Waals surface area contributed by atoms with E-state index in [-0.39, 0.29) is 10.6 Å². The predicted octanol–water partition coefficient (Wildman–Crippen LogP) is 0.906. The molecule has 0 fully saturated rings. The average Bonchev–Trinajstić information content (AvgIpc) is 2.46. The fourth-order valence-electron chi connectivity index (χ4n) is 1.31. The molecular formula is C10H10N2O2S. The van der Waals surface area contributed by atoms with Crippen molar-refractivity contribution in [2.24, 2.45) is 7.05 Å². The molecule has 5 heteroatoms. The van der Waals surface area contributed by atoms with Gasteiger partial charge in [-0.05, 0) is 24.6 Å². The Labute approximate surface area is 90.2 Å². The topological polar surface area (TPSA) is 44.0 Å². The van der Waals surface area contributed by atoms with E-state index in [9.17, 15) is 9.59 Å². The maximum atomic E-state index is 11.6. The number of benzene rings is 1. The third kappa shape index (κ3) is 1.66. The van der Waals surface area contributed by atoms with Crippen molar-refractivity contribution >= 4 is 11.5 Å². The minimum atomic E-state index is -0.296. The molecule has 1 aromatic heterocycles. The van der Waals surface area contributed by atoms with Crippen LogP contribution in [-0.4, -0.2) is 8.52 Å². The van der Waals surface area contributed by atoms with E-state index in [1.54, 1.807) is 0 Å². The number of hydrogen-bond donors (Lipinski definition) is 0. The lowest BCUT2D eigenvalue weighted by Crippen LogP contribution is -2.25. The van der Waals surface area contributed by atoms with E-state index in [1.165, 1.54) is 11.0 Å². The Morgan fingerprint density at radius 1 is 1.27 bits per heavy atom. The van der Waals surface area contributed by atoms with Crippen molar-refractivity contribution in [3.8, 4) is 5.69 Å². The summed E-state index contributed by atoms with van der Waals surface area (Å²) in [6, 6.07) is 7.49. The van der Waals surface area contributed by atoms with Crippen LogP contribution in [0.25, 0.3) is 5.69 Å². The summed E-state index contributed by atoms with van der Waals surface area (Å²) in [7, 11) is 1.48. The van der Waals surface area contributed by atoms with Crippen molar-refractivity contribution in [2.75, 3.05) is 0 Å². The molecule has 15 heavy (non-hydrogen) atoms. The highest BCUT2D eigenvalue weighted by molar-refractivity contribution is 7.03. The van der Waals surface area contributed by atoms with Gasteiger partial charge in [-0.2, -0.15) is 0 Å². The summed E-state index contributed by atoms with van der Waals surface area (Å²) in [6.07, 6.45) is 0. The maximum Gasteiger partial charge on any atom is 0.345 e. The van der Waals surface area contributed by atoms with Crippen LogP contribution in [0.1, 0.15) is 5.56 Å². The van der Waals surface area contributed by atoms with Gasteiger partial charge in [0.25, 0.3) is 0 Å². The minimum absolute atomic E-state index is 0.249. The molecule has 0 aliphatic rings. The number of aryl methyl sites for hydroxylation is 1. The molecule has 0 saturated heterocycles. The first-order valence-corrected chi connectivity index (χ1v) is 5.23. The van der Waals surface area contributed by atoms with E-state index >= 15 is 0 Å². The lowest BCUT2D eigenvalue weighted by Gasteiger charge is -1.99. The maximum absolute atomic E-state index is 11.6. The molecule has 1 aromatic carbocycles. The fraction of sp³-hybridized carbons (Fsp3) is 0.200. The fourth-order valence-corrected chi connectivity index (χ4v) is 2.09. The second-order valence-corrected chi connectivity index (χ2v) is 4.23. The second-order valence-electron chi connectivity index (χ2n) is 3.33. The SMILES string of the molecule is Cc1cccc(-n2sc(=O)n(C)c2=O)c1. The molecule has 78 valence electrons. The monoisotopic (exact) mass is 222 g/mol. The molecule has 2 rings (SSSR count). The summed E-state index contributed by atoms with van der Waals surface area (Å²) in [4.78, 5) is 22.7. The summed E-state index contributed by atoms with van der Waals surface area (Å²) in [5.74, 6) is 0. The molecule has 0 radical (unpaired) electrons. The van der Waals surface area contributed by atoms with Gasteiger partial charge in [0.2, 0.25) is 0 Å². The van der Waals surface area contributed by atoms with Crippen LogP contribution in [0.5, 0.6) is 0 Å². The Morgan fingerprint density at radius 2 is 2.00 bits per heavy atom. The highest BCUT2D eigenvalue weighted by Crippen LogP contribution is 2.08. The van der Waals surface area contributed by atoms with Gasteiger partial charge in [-0.25, -0.2) is 8.75 Å². The summed E-state index contributed by atoms with van der Waals surface area (Å²) >= 11 is 0.914. The van der Waals surface area contributed by atoms with Crippen LogP contribution in [0, 0.1) is 6.92 Å². The molecule has 0 saturated carbocycles. The van der Waals surface area contributed by atoms with Gasteiger partial charge < -0.3 is 0 Å². The number of hydrogen-bond acceptors (Lipinski definition) is 3. The largest absolute Gasteiger partial charge is 0.345 e. The molecule has 0 bridgehead atoms. The molecular weight excluding hydrogens is 212 g/mol. The zero-order valence-corrected chi connectivity index (χ0v) is 9.25. The molecule has 0 aliphatic heterocycles. The lowest BCUT2D eigenvalue weighted by molar-refractivity contribution is 0.805. The molecule has 0 N–H and O–H groups in total. The third-order valence-corrected chi connectivity index (χ3v) is 3.12. The van der Waals surface area contributed by atoms with E-state index in [0.29, 0.717) is 0 Å². The van der Waals surface area contributed by atoms with Crippen LogP contribution in [-0.2, 0) is 7.05 Å². The van der Waals surface area contributed by atoms with Crippen molar-refractivity contribution in [2.45, 2.75) is 6.92 Å². The van der Waals surface area contributed by atoms with Crippen LogP contribution in [0.15, 0.2) is 33.9 Å². The van der Waals surface area contributed by atoms with Crippen molar-refractivity contribution in [1.29, 1.82) is 0 Å².